The second-order valence-electron chi connectivity index (χ2n) is 5.90. The maximum atomic E-state index is 13.0. The fourth-order valence-electron chi connectivity index (χ4n) is 2.64. The number of halogens is 1. The van der Waals surface area contributed by atoms with E-state index in [1.54, 1.807) is 0 Å². The van der Waals surface area contributed by atoms with Crippen molar-refractivity contribution in [3.8, 4) is 0 Å². The van der Waals surface area contributed by atoms with Gasteiger partial charge in [-0.2, -0.15) is 4.31 Å². The summed E-state index contributed by atoms with van der Waals surface area (Å²) in [5.41, 5.74) is 0. The van der Waals surface area contributed by atoms with Gasteiger partial charge in [-0.05, 0) is 50.5 Å². The lowest BCUT2D eigenvalue weighted by Gasteiger charge is -2.34. The minimum atomic E-state index is -3.81. The molecule has 0 aliphatic carbocycles. The van der Waals surface area contributed by atoms with Gasteiger partial charge in [-0.1, -0.05) is 13.3 Å². The predicted octanol–water partition coefficient (Wildman–Crippen LogP) is 2.28. The Labute approximate surface area is 136 Å². The summed E-state index contributed by atoms with van der Waals surface area (Å²) in [5.74, 6) is -0.751. The summed E-state index contributed by atoms with van der Waals surface area (Å²) in [7, 11) is -3.81. The third-order valence-electron chi connectivity index (χ3n) is 4.18. The highest BCUT2D eigenvalue weighted by Gasteiger charge is 2.37. The molecule has 7 heteroatoms. The van der Waals surface area contributed by atoms with E-state index in [0.29, 0.717) is 19.4 Å². The summed E-state index contributed by atoms with van der Waals surface area (Å²) in [6.07, 6.45) is 2.81. The topological polar surface area (TPSA) is 66.5 Å². The number of piperidine rings is 1. The molecule has 1 aromatic rings. The number of nitrogens with one attached hydrogen (secondary N) is 1. The van der Waals surface area contributed by atoms with Crippen molar-refractivity contribution in [3.05, 3.63) is 30.1 Å². The molecule has 0 bridgehead atoms. The lowest BCUT2D eigenvalue weighted by atomic mass is 10.0. The second-order valence-corrected chi connectivity index (χ2v) is 7.79. The van der Waals surface area contributed by atoms with E-state index in [9.17, 15) is 17.6 Å². The molecule has 1 aliphatic heterocycles. The Morgan fingerprint density at radius 1 is 1.35 bits per heavy atom. The molecule has 128 valence electrons. The minimum absolute atomic E-state index is 0.000184. The van der Waals surface area contributed by atoms with Crippen LogP contribution < -0.4 is 5.32 Å². The standard InChI is InChI=1S/C16H23FN2O3S/c1-3-12(2)18-16(20)15-6-4-5-11-19(15)23(21,22)14-9-7-13(17)8-10-14/h7-10,12,15H,3-6,11H2,1-2H3,(H,18,20)/t12-,15+/m0/s1. The molecule has 1 saturated heterocycles. The minimum Gasteiger partial charge on any atom is -0.352 e. The number of sulfonamides is 1. The first-order chi connectivity index (χ1) is 10.9. The van der Waals surface area contributed by atoms with Gasteiger partial charge in [-0.15, -0.1) is 0 Å². The molecular weight excluding hydrogens is 319 g/mol. The molecule has 23 heavy (non-hydrogen) atoms. The highest BCUT2D eigenvalue weighted by atomic mass is 32.2. The van der Waals surface area contributed by atoms with Gasteiger partial charge in [0, 0.05) is 12.6 Å². The molecule has 0 saturated carbocycles. The van der Waals surface area contributed by atoms with Crippen molar-refractivity contribution >= 4 is 15.9 Å². The fourth-order valence-corrected chi connectivity index (χ4v) is 4.29. The van der Waals surface area contributed by atoms with Gasteiger partial charge in [0.1, 0.15) is 11.9 Å². The summed E-state index contributed by atoms with van der Waals surface area (Å²) < 4.78 is 39.9. The van der Waals surface area contributed by atoms with E-state index >= 15 is 0 Å². The van der Waals surface area contributed by atoms with Crippen LogP contribution in [-0.4, -0.2) is 37.3 Å². The van der Waals surface area contributed by atoms with Crippen LogP contribution in [0.5, 0.6) is 0 Å². The maximum absolute atomic E-state index is 13.0. The first kappa shape index (κ1) is 17.9. The molecule has 1 aliphatic rings. The Hall–Kier alpha value is -1.47. The van der Waals surface area contributed by atoms with Crippen LogP contribution in [0.3, 0.4) is 0 Å². The highest BCUT2D eigenvalue weighted by Crippen LogP contribution is 2.25. The van der Waals surface area contributed by atoms with Gasteiger partial charge in [0.2, 0.25) is 15.9 Å². The van der Waals surface area contributed by atoms with Gasteiger partial charge in [-0.3, -0.25) is 4.79 Å². The van der Waals surface area contributed by atoms with E-state index in [2.05, 4.69) is 5.32 Å². The lowest BCUT2D eigenvalue weighted by molar-refractivity contribution is -0.126. The summed E-state index contributed by atoms with van der Waals surface area (Å²) in [4.78, 5) is 12.4. The molecule has 1 aromatic carbocycles. The van der Waals surface area contributed by atoms with Gasteiger partial charge in [-0.25, -0.2) is 12.8 Å². The quantitative estimate of drug-likeness (QED) is 0.893. The molecule has 1 N–H and O–H groups in total. The molecule has 1 fully saturated rings. The van der Waals surface area contributed by atoms with Crippen molar-refractivity contribution in [2.75, 3.05) is 6.54 Å². The third-order valence-corrected chi connectivity index (χ3v) is 6.10. The Balaban J connectivity index is 2.26. The molecule has 1 amide bonds. The normalized spacial score (nSPS) is 20.9. The Bertz CT molecular complexity index is 646. The molecule has 1 heterocycles. The van der Waals surface area contributed by atoms with E-state index in [-0.39, 0.29) is 16.8 Å². The van der Waals surface area contributed by atoms with Crippen LogP contribution >= 0.6 is 0 Å². The number of hydrogen-bond donors (Lipinski definition) is 1. The van der Waals surface area contributed by atoms with Gasteiger partial charge >= 0.3 is 0 Å². The van der Waals surface area contributed by atoms with Gasteiger partial charge in [0.25, 0.3) is 0 Å². The Kier molecular flexibility index (Phi) is 5.75. The van der Waals surface area contributed by atoms with E-state index in [1.807, 2.05) is 13.8 Å². The average molecular weight is 342 g/mol. The van der Waals surface area contributed by atoms with Crippen LogP contribution in [0, 0.1) is 5.82 Å². The summed E-state index contributed by atoms with van der Waals surface area (Å²) in [5, 5.41) is 2.86. The number of rotatable bonds is 5. The Morgan fingerprint density at radius 3 is 2.61 bits per heavy atom. The highest BCUT2D eigenvalue weighted by molar-refractivity contribution is 7.89. The van der Waals surface area contributed by atoms with Gasteiger partial charge < -0.3 is 5.32 Å². The van der Waals surface area contributed by atoms with Crippen molar-refractivity contribution in [3.63, 3.8) is 0 Å². The van der Waals surface area contributed by atoms with Gasteiger partial charge in [0.05, 0.1) is 4.90 Å². The van der Waals surface area contributed by atoms with Gasteiger partial charge in [0.15, 0.2) is 0 Å². The van der Waals surface area contributed by atoms with Crippen LogP contribution in [-0.2, 0) is 14.8 Å². The smallest absolute Gasteiger partial charge is 0.243 e. The zero-order valence-electron chi connectivity index (χ0n) is 13.5. The summed E-state index contributed by atoms with van der Waals surface area (Å²) in [6, 6.07) is 4.01. The SMILES string of the molecule is CC[C@H](C)NC(=O)[C@H]1CCCCN1S(=O)(=O)c1ccc(F)cc1. The van der Waals surface area contributed by atoms with Crippen molar-refractivity contribution in [1.82, 2.24) is 9.62 Å². The zero-order valence-corrected chi connectivity index (χ0v) is 14.3. The molecule has 0 radical (unpaired) electrons. The number of carbonyl (C=O) groups is 1. The van der Waals surface area contributed by atoms with E-state index in [4.69, 9.17) is 0 Å². The van der Waals surface area contributed by atoms with Crippen molar-refractivity contribution in [2.24, 2.45) is 0 Å². The van der Waals surface area contributed by atoms with Crippen LogP contribution in [0.2, 0.25) is 0 Å². The molecule has 2 rings (SSSR count). The number of hydrogen-bond acceptors (Lipinski definition) is 3. The first-order valence-electron chi connectivity index (χ1n) is 7.94. The summed E-state index contributed by atoms with van der Waals surface area (Å²) in [6.45, 7) is 4.15. The zero-order chi connectivity index (χ0) is 17.0. The lowest BCUT2D eigenvalue weighted by Crippen LogP contribution is -2.53. The third kappa shape index (κ3) is 4.09. The Morgan fingerprint density at radius 2 is 2.00 bits per heavy atom. The predicted molar refractivity (Wildman–Crippen MR) is 85.8 cm³/mol. The average Bonchev–Trinajstić information content (AvgIpc) is 2.55. The molecule has 5 nitrogen and oxygen atoms in total. The molecule has 0 aromatic heterocycles. The fraction of sp³-hybridized carbons (Fsp3) is 0.562. The number of amides is 1. The molecular formula is C16H23FN2O3S. The number of carbonyl (C=O) groups excluding carboxylic acids is 1. The van der Waals surface area contributed by atoms with E-state index in [1.165, 1.54) is 16.4 Å². The van der Waals surface area contributed by atoms with Crippen molar-refractivity contribution < 1.29 is 17.6 Å². The van der Waals surface area contributed by atoms with Crippen LogP contribution in [0.1, 0.15) is 39.5 Å². The van der Waals surface area contributed by atoms with E-state index in [0.717, 1.165) is 25.0 Å². The van der Waals surface area contributed by atoms with Crippen molar-refractivity contribution in [1.29, 1.82) is 0 Å². The maximum Gasteiger partial charge on any atom is 0.243 e. The number of benzene rings is 1. The monoisotopic (exact) mass is 342 g/mol. The molecule has 0 unspecified atom stereocenters. The summed E-state index contributed by atoms with van der Waals surface area (Å²) >= 11 is 0. The second kappa shape index (κ2) is 7.40. The molecule has 0 spiro atoms. The van der Waals surface area contributed by atoms with Crippen LogP contribution in [0.15, 0.2) is 29.2 Å². The van der Waals surface area contributed by atoms with Crippen LogP contribution in [0.25, 0.3) is 0 Å². The van der Waals surface area contributed by atoms with Crippen LogP contribution in [0.4, 0.5) is 4.39 Å². The largest absolute Gasteiger partial charge is 0.352 e. The number of nitrogens with zero attached hydrogens (tertiary/aromatic N) is 1. The molecule has 2 atom stereocenters. The first-order valence-corrected chi connectivity index (χ1v) is 9.38. The van der Waals surface area contributed by atoms with E-state index < -0.39 is 21.9 Å². The van der Waals surface area contributed by atoms with Crippen molar-refractivity contribution in [2.45, 2.75) is 56.5 Å².